The number of piperidine rings is 1. The number of rotatable bonds is 3. The highest BCUT2D eigenvalue weighted by molar-refractivity contribution is 7.11. The first-order chi connectivity index (χ1) is 8.83. The average molecular weight is 280 g/mol. The Hall–Kier alpha value is -0.850. The molecule has 2 aromatic heterocycles. The van der Waals surface area contributed by atoms with Gasteiger partial charge in [0.25, 0.3) is 0 Å². The second-order valence-corrected chi connectivity index (χ2v) is 6.76. The lowest BCUT2D eigenvalue weighted by Crippen LogP contribution is -2.32. The Morgan fingerprint density at radius 1 is 1.39 bits per heavy atom. The second kappa shape index (κ2) is 5.42. The van der Waals surface area contributed by atoms with Gasteiger partial charge in [0, 0.05) is 11.6 Å². The predicted molar refractivity (Wildman–Crippen MR) is 73.8 cm³/mol. The van der Waals surface area contributed by atoms with Crippen molar-refractivity contribution in [3.05, 3.63) is 26.6 Å². The minimum Gasteiger partial charge on any atom is -0.287 e. The van der Waals surface area contributed by atoms with Crippen LogP contribution in [0.15, 0.2) is 11.6 Å². The highest BCUT2D eigenvalue weighted by Crippen LogP contribution is 2.33. The highest BCUT2D eigenvalue weighted by Gasteiger charge is 2.26. The van der Waals surface area contributed by atoms with Crippen molar-refractivity contribution in [2.24, 2.45) is 0 Å². The van der Waals surface area contributed by atoms with Gasteiger partial charge in [-0.15, -0.1) is 32.9 Å². The van der Waals surface area contributed by atoms with E-state index in [9.17, 15) is 0 Å². The second-order valence-electron chi connectivity index (χ2n) is 4.57. The van der Waals surface area contributed by atoms with Crippen LogP contribution in [0, 0.1) is 6.92 Å². The van der Waals surface area contributed by atoms with Gasteiger partial charge >= 0.3 is 0 Å². The molecule has 0 spiro atoms. The monoisotopic (exact) mass is 280 g/mol. The molecular weight excluding hydrogens is 264 g/mol. The van der Waals surface area contributed by atoms with Gasteiger partial charge in [-0.2, -0.15) is 0 Å². The van der Waals surface area contributed by atoms with Gasteiger partial charge in [0.2, 0.25) is 0 Å². The van der Waals surface area contributed by atoms with E-state index in [1.807, 2.05) is 13.1 Å². The van der Waals surface area contributed by atoms with E-state index < -0.39 is 0 Å². The third kappa shape index (κ3) is 2.60. The molecule has 2 aromatic rings. The fourth-order valence-electron chi connectivity index (χ4n) is 2.43. The summed E-state index contributed by atoms with van der Waals surface area (Å²) in [5, 5.41) is 13.8. The fraction of sp³-hybridized carbons (Fsp3) is 0.583. The van der Waals surface area contributed by atoms with E-state index in [-0.39, 0.29) is 0 Å². The van der Waals surface area contributed by atoms with Crippen LogP contribution in [0.1, 0.15) is 40.3 Å². The Morgan fingerprint density at radius 3 is 3.06 bits per heavy atom. The molecule has 0 amide bonds. The first-order valence-corrected chi connectivity index (χ1v) is 7.95. The van der Waals surface area contributed by atoms with Crippen molar-refractivity contribution in [2.45, 2.75) is 38.8 Å². The number of aromatic nitrogens is 3. The molecule has 0 saturated carbocycles. The normalized spacial score (nSPS) is 21.3. The molecule has 3 rings (SSSR count). The zero-order chi connectivity index (χ0) is 12.4. The van der Waals surface area contributed by atoms with Crippen molar-refractivity contribution in [3.63, 3.8) is 0 Å². The standard InChI is InChI=1S/C12H16N4S2/c1-9-14-15-11(18-9)8-16-6-3-2-4-10(16)12-13-5-7-17-12/h5,7,10H,2-4,6,8H2,1H3/t10-/m0/s1. The average Bonchev–Trinajstić information content (AvgIpc) is 3.02. The Labute approximate surface area is 115 Å². The van der Waals surface area contributed by atoms with Gasteiger partial charge in [0.15, 0.2) is 0 Å². The van der Waals surface area contributed by atoms with Crippen LogP contribution in [0.25, 0.3) is 0 Å². The molecule has 0 unspecified atom stereocenters. The van der Waals surface area contributed by atoms with Crippen LogP contribution in [-0.4, -0.2) is 26.6 Å². The summed E-state index contributed by atoms with van der Waals surface area (Å²) in [6.07, 6.45) is 5.70. The van der Waals surface area contributed by atoms with Crippen LogP contribution < -0.4 is 0 Å². The van der Waals surface area contributed by atoms with Crippen LogP contribution in [0.5, 0.6) is 0 Å². The maximum atomic E-state index is 4.48. The molecular formula is C12H16N4S2. The van der Waals surface area contributed by atoms with E-state index in [1.165, 1.54) is 24.3 Å². The molecule has 96 valence electrons. The quantitative estimate of drug-likeness (QED) is 0.866. The minimum absolute atomic E-state index is 0.475. The molecule has 1 aliphatic rings. The Balaban J connectivity index is 1.76. The molecule has 1 atom stereocenters. The van der Waals surface area contributed by atoms with Crippen molar-refractivity contribution >= 4 is 22.7 Å². The summed E-state index contributed by atoms with van der Waals surface area (Å²) in [7, 11) is 0. The van der Waals surface area contributed by atoms with Crippen LogP contribution in [-0.2, 0) is 6.54 Å². The zero-order valence-corrected chi connectivity index (χ0v) is 12.0. The molecule has 0 N–H and O–H groups in total. The number of nitrogens with zero attached hydrogens (tertiary/aromatic N) is 4. The molecule has 1 fully saturated rings. The Kier molecular flexibility index (Phi) is 3.67. The van der Waals surface area contributed by atoms with Crippen molar-refractivity contribution in [1.29, 1.82) is 0 Å². The largest absolute Gasteiger partial charge is 0.287 e. The molecule has 6 heteroatoms. The van der Waals surface area contributed by atoms with Crippen LogP contribution in [0.3, 0.4) is 0 Å². The van der Waals surface area contributed by atoms with Gasteiger partial charge in [-0.1, -0.05) is 6.42 Å². The minimum atomic E-state index is 0.475. The molecule has 4 nitrogen and oxygen atoms in total. The summed E-state index contributed by atoms with van der Waals surface area (Å²) in [5.74, 6) is 0. The van der Waals surface area contributed by atoms with E-state index in [1.54, 1.807) is 22.7 Å². The number of likely N-dealkylation sites (tertiary alicyclic amines) is 1. The van der Waals surface area contributed by atoms with Gasteiger partial charge in [-0.3, -0.25) is 4.90 Å². The van der Waals surface area contributed by atoms with Gasteiger partial charge in [0.05, 0.1) is 12.6 Å². The number of thiazole rings is 1. The number of hydrogen-bond acceptors (Lipinski definition) is 6. The number of hydrogen-bond donors (Lipinski definition) is 0. The van der Waals surface area contributed by atoms with Gasteiger partial charge in [0.1, 0.15) is 15.0 Å². The fourth-order valence-corrected chi connectivity index (χ4v) is 3.98. The van der Waals surface area contributed by atoms with E-state index >= 15 is 0 Å². The molecule has 0 bridgehead atoms. The molecule has 1 aliphatic heterocycles. The first kappa shape index (κ1) is 12.2. The summed E-state index contributed by atoms with van der Waals surface area (Å²) in [5.41, 5.74) is 0. The SMILES string of the molecule is Cc1nnc(CN2CCCC[C@H]2c2nccs2)s1. The van der Waals surface area contributed by atoms with Crippen LogP contribution >= 0.6 is 22.7 Å². The van der Waals surface area contributed by atoms with Crippen molar-refractivity contribution < 1.29 is 0 Å². The lowest BCUT2D eigenvalue weighted by Gasteiger charge is -2.33. The lowest BCUT2D eigenvalue weighted by atomic mass is 10.0. The maximum Gasteiger partial charge on any atom is 0.131 e. The molecule has 3 heterocycles. The lowest BCUT2D eigenvalue weighted by molar-refractivity contribution is 0.140. The third-order valence-electron chi connectivity index (χ3n) is 3.26. The topological polar surface area (TPSA) is 41.9 Å². The first-order valence-electron chi connectivity index (χ1n) is 6.25. The van der Waals surface area contributed by atoms with E-state index in [4.69, 9.17) is 0 Å². The Bertz CT molecular complexity index is 494. The van der Waals surface area contributed by atoms with E-state index in [2.05, 4.69) is 25.5 Å². The molecule has 0 aromatic carbocycles. The summed E-state index contributed by atoms with van der Waals surface area (Å²) in [6.45, 7) is 4.06. The van der Waals surface area contributed by atoms with Crippen LogP contribution in [0.4, 0.5) is 0 Å². The molecule has 0 radical (unpaired) electrons. The van der Waals surface area contributed by atoms with Crippen LogP contribution in [0.2, 0.25) is 0 Å². The van der Waals surface area contributed by atoms with Crippen molar-refractivity contribution in [3.8, 4) is 0 Å². The van der Waals surface area contributed by atoms with Crippen molar-refractivity contribution in [1.82, 2.24) is 20.1 Å². The summed E-state index contributed by atoms with van der Waals surface area (Å²) >= 11 is 3.46. The van der Waals surface area contributed by atoms with Crippen molar-refractivity contribution in [2.75, 3.05) is 6.54 Å². The summed E-state index contributed by atoms with van der Waals surface area (Å²) < 4.78 is 0. The third-order valence-corrected chi connectivity index (χ3v) is 4.96. The summed E-state index contributed by atoms with van der Waals surface area (Å²) in [4.78, 5) is 6.98. The van der Waals surface area contributed by atoms with E-state index in [0.29, 0.717) is 6.04 Å². The zero-order valence-electron chi connectivity index (χ0n) is 10.4. The maximum absolute atomic E-state index is 4.48. The van der Waals surface area contributed by atoms with E-state index in [0.717, 1.165) is 23.1 Å². The molecule has 18 heavy (non-hydrogen) atoms. The van der Waals surface area contributed by atoms with Gasteiger partial charge < -0.3 is 0 Å². The smallest absolute Gasteiger partial charge is 0.131 e. The molecule has 1 saturated heterocycles. The molecule has 0 aliphatic carbocycles. The predicted octanol–water partition coefficient (Wildman–Crippen LogP) is 3.03. The highest BCUT2D eigenvalue weighted by atomic mass is 32.1. The number of aryl methyl sites for hydroxylation is 1. The van der Waals surface area contributed by atoms with Gasteiger partial charge in [-0.25, -0.2) is 4.98 Å². The Morgan fingerprint density at radius 2 is 2.33 bits per heavy atom. The van der Waals surface area contributed by atoms with Gasteiger partial charge in [-0.05, 0) is 26.3 Å². The summed E-state index contributed by atoms with van der Waals surface area (Å²) in [6, 6.07) is 0.475.